The van der Waals surface area contributed by atoms with Gasteiger partial charge in [0.15, 0.2) is 0 Å². The maximum absolute atomic E-state index is 4.43. The van der Waals surface area contributed by atoms with Gasteiger partial charge in [0.05, 0.1) is 11.4 Å². The lowest BCUT2D eigenvalue weighted by Crippen LogP contribution is -2.25. The predicted octanol–water partition coefficient (Wildman–Crippen LogP) is 3.51. The molecule has 150 valence electrons. The molecule has 3 heterocycles. The average Bonchev–Trinajstić information content (AvgIpc) is 3.36. The van der Waals surface area contributed by atoms with Crippen molar-refractivity contribution in [2.75, 3.05) is 18.4 Å². The molecule has 2 aliphatic rings. The van der Waals surface area contributed by atoms with Crippen LogP contribution in [0.15, 0.2) is 48.7 Å². The lowest BCUT2D eigenvalue weighted by atomic mass is 10.0. The number of nitrogens with zero attached hydrogens (tertiary/aromatic N) is 5. The third kappa shape index (κ3) is 3.90. The molecule has 1 saturated heterocycles. The zero-order chi connectivity index (χ0) is 19.8. The van der Waals surface area contributed by atoms with E-state index < -0.39 is 0 Å². The van der Waals surface area contributed by atoms with Gasteiger partial charge >= 0.3 is 0 Å². The second-order valence-electron chi connectivity index (χ2n) is 8.62. The Morgan fingerprint density at radius 1 is 1.00 bits per heavy atom. The molecule has 29 heavy (non-hydrogen) atoms. The van der Waals surface area contributed by atoms with Gasteiger partial charge in [0, 0.05) is 44.5 Å². The molecule has 5 rings (SSSR count). The van der Waals surface area contributed by atoms with Crippen LogP contribution in [0.25, 0.3) is 11.3 Å². The highest BCUT2D eigenvalue weighted by molar-refractivity contribution is 5.61. The molecular formula is C23H28N6. The summed E-state index contributed by atoms with van der Waals surface area (Å²) in [6.07, 6.45) is 4.44. The molecule has 0 spiro atoms. The van der Waals surface area contributed by atoms with Crippen LogP contribution in [-0.4, -0.2) is 44.0 Å². The molecule has 1 saturated carbocycles. The van der Waals surface area contributed by atoms with Gasteiger partial charge in [0.1, 0.15) is 5.82 Å². The fraction of sp³-hybridized carbons (Fsp3) is 0.435. The number of rotatable bonds is 5. The standard InChI is InChI=1S/C23H28N6/c1-16-21(15-28(2)27-16)22-8-9-23(26-25-22)24-20-10-18-13-29(14-19(18)11-20)12-17-6-4-3-5-7-17/h3-9,15,18-20H,10-14H2,1-2H3,(H,24,26)/t18-,19+,20+. The van der Waals surface area contributed by atoms with Crippen molar-refractivity contribution < 1.29 is 0 Å². The topological polar surface area (TPSA) is 58.9 Å². The Morgan fingerprint density at radius 2 is 1.76 bits per heavy atom. The fourth-order valence-electron chi connectivity index (χ4n) is 5.10. The van der Waals surface area contributed by atoms with Crippen LogP contribution in [0.2, 0.25) is 0 Å². The van der Waals surface area contributed by atoms with Gasteiger partial charge < -0.3 is 5.32 Å². The molecule has 0 bridgehead atoms. The zero-order valence-corrected chi connectivity index (χ0v) is 17.1. The van der Waals surface area contributed by atoms with E-state index in [0.29, 0.717) is 6.04 Å². The molecule has 6 heteroatoms. The summed E-state index contributed by atoms with van der Waals surface area (Å²) in [6, 6.07) is 15.4. The SMILES string of the molecule is Cc1nn(C)cc1-c1ccc(N[C@H]2C[C@@H]3CN(Cc4ccccc4)C[C@@H]3C2)nn1. The van der Waals surface area contributed by atoms with E-state index in [2.05, 4.69) is 55.8 Å². The van der Waals surface area contributed by atoms with Crippen LogP contribution < -0.4 is 5.32 Å². The van der Waals surface area contributed by atoms with Crippen molar-refractivity contribution in [2.45, 2.75) is 32.4 Å². The van der Waals surface area contributed by atoms with Gasteiger partial charge in [-0.05, 0) is 49.3 Å². The van der Waals surface area contributed by atoms with E-state index in [0.717, 1.165) is 41.1 Å². The summed E-state index contributed by atoms with van der Waals surface area (Å²) in [5, 5.41) is 16.9. The van der Waals surface area contributed by atoms with E-state index in [1.165, 1.54) is 31.5 Å². The maximum atomic E-state index is 4.43. The number of nitrogens with one attached hydrogen (secondary N) is 1. The lowest BCUT2D eigenvalue weighted by molar-refractivity contribution is 0.301. The van der Waals surface area contributed by atoms with E-state index in [1.807, 2.05) is 37.0 Å². The predicted molar refractivity (Wildman–Crippen MR) is 114 cm³/mol. The van der Waals surface area contributed by atoms with Crippen molar-refractivity contribution in [3.63, 3.8) is 0 Å². The van der Waals surface area contributed by atoms with Crippen LogP contribution in [0.5, 0.6) is 0 Å². The summed E-state index contributed by atoms with van der Waals surface area (Å²) in [4.78, 5) is 2.62. The van der Waals surface area contributed by atoms with E-state index in [4.69, 9.17) is 0 Å². The summed E-state index contributed by atoms with van der Waals surface area (Å²) in [7, 11) is 1.93. The first kappa shape index (κ1) is 18.3. The van der Waals surface area contributed by atoms with Crippen LogP contribution in [0.3, 0.4) is 0 Å². The molecule has 1 N–H and O–H groups in total. The minimum atomic E-state index is 0.504. The summed E-state index contributed by atoms with van der Waals surface area (Å²) < 4.78 is 1.82. The fourth-order valence-corrected chi connectivity index (χ4v) is 5.10. The van der Waals surface area contributed by atoms with Gasteiger partial charge in [-0.2, -0.15) is 5.10 Å². The number of anilines is 1. The molecule has 1 aliphatic carbocycles. The Hall–Kier alpha value is -2.73. The van der Waals surface area contributed by atoms with Gasteiger partial charge in [-0.15, -0.1) is 10.2 Å². The summed E-state index contributed by atoms with van der Waals surface area (Å²) in [5.41, 5.74) is 4.31. The smallest absolute Gasteiger partial charge is 0.148 e. The second-order valence-corrected chi connectivity index (χ2v) is 8.62. The normalized spacial score (nSPS) is 24.0. The summed E-state index contributed by atoms with van der Waals surface area (Å²) >= 11 is 0. The van der Waals surface area contributed by atoms with Crippen molar-refractivity contribution in [2.24, 2.45) is 18.9 Å². The van der Waals surface area contributed by atoms with Crippen LogP contribution in [-0.2, 0) is 13.6 Å². The molecule has 2 fully saturated rings. The first-order valence-electron chi connectivity index (χ1n) is 10.5. The number of hydrogen-bond acceptors (Lipinski definition) is 5. The molecule has 2 aromatic heterocycles. The Labute approximate surface area is 172 Å². The van der Waals surface area contributed by atoms with E-state index in [9.17, 15) is 0 Å². The second kappa shape index (κ2) is 7.59. The number of aromatic nitrogens is 4. The number of likely N-dealkylation sites (tertiary alicyclic amines) is 1. The van der Waals surface area contributed by atoms with Crippen molar-refractivity contribution in [3.8, 4) is 11.3 Å². The zero-order valence-electron chi connectivity index (χ0n) is 17.1. The first-order chi connectivity index (χ1) is 14.1. The highest BCUT2D eigenvalue weighted by Gasteiger charge is 2.40. The third-order valence-corrected chi connectivity index (χ3v) is 6.38. The highest BCUT2D eigenvalue weighted by Crippen LogP contribution is 2.39. The average molecular weight is 389 g/mol. The highest BCUT2D eigenvalue weighted by atomic mass is 15.3. The number of hydrogen-bond donors (Lipinski definition) is 1. The molecule has 1 aliphatic heterocycles. The molecular weight excluding hydrogens is 360 g/mol. The lowest BCUT2D eigenvalue weighted by Gasteiger charge is -2.19. The molecule has 0 unspecified atom stereocenters. The van der Waals surface area contributed by atoms with Crippen molar-refractivity contribution in [1.29, 1.82) is 0 Å². The minimum absolute atomic E-state index is 0.504. The van der Waals surface area contributed by atoms with Crippen LogP contribution in [0, 0.1) is 18.8 Å². The quantitative estimate of drug-likeness (QED) is 0.725. The van der Waals surface area contributed by atoms with E-state index in [-0.39, 0.29) is 0 Å². The molecule has 3 aromatic rings. The van der Waals surface area contributed by atoms with Crippen molar-refractivity contribution >= 4 is 5.82 Å². The Kier molecular flexibility index (Phi) is 4.79. The monoisotopic (exact) mass is 388 g/mol. The van der Waals surface area contributed by atoms with E-state index in [1.54, 1.807) is 0 Å². The van der Waals surface area contributed by atoms with Gasteiger partial charge in [-0.3, -0.25) is 9.58 Å². The van der Waals surface area contributed by atoms with Crippen molar-refractivity contribution in [3.05, 3.63) is 59.9 Å². The largest absolute Gasteiger partial charge is 0.366 e. The number of aryl methyl sites for hydroxylation is 2. The molecule has 0 radical (unpaired) electrons. The van der Waals surface area contributed by atoms with Gasteiger partial charge in [0.2, 0.25) is 0 Å². The maximum Gasteiger partial charge on any atom is 0.148 e. The van der Waals surface area contributed by atoms with Crippen LogP contribution >= 0.6 is 0 Å². The molecule has 1 aromatic carbocycles. The van der Waals surface area contributed by atoms with Gasteiger partial charge in [-0.1, -0.05) is 30.3 Å². The first-order valence-corrected chi connectivity index (χ1v) is 10.5. The summed E-state index contributed by atoms with van der Waals surface area (Å²) in [5.74, 6) is 2.46. The minimum Gasteiger partial charge on any atom is -0.366 e. The summed E-state index contributed by atoms with van der Waals surface area (Å²) in [6.45, 7) is 5.50. The Bertz CT molecular complexity index is 951. The molecule has 3 atom stereocenters. The Morgan fingerprint density at radius 3 is 2.38 bits per heavy atom. The van der Waals surface area contributed by atoms with Gasteiger partial charge in [0.25, 0.3) is 0 Å². The van der Waals surface area contributed by atoms with Gasteiger partial charge in [-0.25, -0.2) is 0 Å². The molecule has 0 amide bonds. The molecule has 6 nitrogen and oxygen atoms in total. The third-order valence-electron chi connectivity index (χ3n) is 6.38. The number of fused-ring (bicyclic) bond motifs is 1. The van der Waals surface area contributed by atoms with Crippen LogP contribution in [0.1, 0.15) is 24.1 Å². The number of benzene rings is 1. The van der Waals surface area contributed by atoms with Crippen molar-refractivity contribution in [1.82, 2.24) is 24.9 Å². The van der Waals surface area contributed by atoms with E-state index >= 15 is 0 Å². The Balaban J connectivity index is 1.16. The van der Waals surface area contributed by atoms with Crippen LogP contribution in [0.4, 0.5) is 5.82 Å².